The van der Waals surface area contributed by atoms with Crippen LogP contribution >= 0.6 is 0 Å². The van der Waals surface area contributed by atoms with Crippen LogP contribution in [0.4, 0.5) is 10.5 Å². The summed E-state index contributed by atoms with van der Waals surface area (Å²) in [5.41, 5.74) is 0.674. The molecule has 0 saturated carbocycles. The van der Waals surface area contributed by atoms with Gasteiger partial charge in [0.15, 0.2) is 0 Å². The maximum absolute atomic E-state index is 12.5. The number of carbonyl (C=O) groups excluding carboxylic acids is 2. The standard InChI is InChI=1S/C21H23N3O4/c1-2-20(25)22-14-19-15-24(12-13-27-19)21(26)23-16-8-10-18(11-9-16)28-17-6-4-3-5-7-17/h2-11,19H,1,12-15H2,(H,22,25)(H,23,26)/t19-/m0/s1. The molecule has 1 saturated heterocycles. The van der Waals surface area contributed by atoms with Crippen LogP contribution in [0.25, 0.3) is 0 Å². The number of amides is 3. The average Bonchev–Trinajstić information content (AvgIpc) is 2.74. The minimum Gasteiger partial charge on any atom is -0.457 e. The molecule has 1 heterocycles. The molecule has 146 valence electrons. The van der Waals surface area contributed by atoms with E-state index in [-0.39, 0.29) is 18.0 Å². The molecule has 28 heavy (non-hydrogen) atoms. The lowest BCUT2D eigenvalue weighted by atomic mass is 10.2. The smallest absolute Gasteiger partial charge is 0.322 e. The first kappa shape index (κ1) is 19.4. The summed E-state index contributed by atoms with van der Waals surface area (Å²) >= 11 is 0. The highest BCUT2D eigenvalue weighted by Crippen LogP contribution is 2.22. The molecular weight excluding hydrogens is 358 g/mol. The third-order valence-electron chi connectivity index (χ3n) is 4.20. The fourth-order valence-electron chi connectivity index (χ4n) is 2.75. The van der Waals surface area contributed by atoms with Gasteiger partial charge >= 0.3 is 6.03 Å². The largest absolute Gasteiger partial charge is 0.457 e. The Hall–Kier alpha value is -3.32. The Balaban J connectivity index is 1.51. The van der Waals surface area contributed by atoms with Crippen LogP contribution < -0.4 is 15.4 Å². The summed E-state index contributed by atoms with van der Waals surface area (Å²) in [6.07, 6.45) is 0.961. The zero-order valence-electron chi connectivity index (χ0n) is 15.5. The molecule has 2 N–H and O–H groups in total. The van der Waals surface area contributed by atoms with Gasteiger partial charge in [-0.1, -0.05) is 24.8 Å². The minimum absolute atomic E-state index is 0.208. The van der Waals surface area contributed by atoms with E-state index < -0.39 is 0 Å². The first-order valence-electron chi connectivity index (χ1n) is 9.05. The van der Waals surface area contributed by atoms with Gasteiger partial charge in [-0.15, -0.1) is 0 Å². The van der Waals surface area contributed by atoms with Crippen molar-refractivity contribution in [3.63, 3.8) is 0 Å². The number of ether oxygens (including phenoxy) is 2. The number of nitrogens with zero attached hydrogens (tertiary/aromatic N) is 1. The monoisotopic (exact) mass is 381 g/mol. The lowest BCUT2D eigenvalue weighted by Crippen LogP contribution is -2.50. The van der Waals surface area contributed by atoms with Crippen molar-refractivity contribution in [3.8, 4) is 11.5 Å². The number of benzene rings is 2. The molecule has 7 nitrogen and oxygen atoms in total. The number of rotatable bonds is 6. The fraction of sp³-hybridized carbons (Fsp3) is 0.238. The maximum atomic E-state index is 12.5. The first-order chi connectivity index (χ1) is 13.6. The van der Waals surface area contributed by atoms with Gasteiger partial charge in [-0.3, -0.25) is 4.79 Å². The van der Waals surface area contributed by atoms with Crippen LogP contribution in [0.5, 0.6) is 11.5 Å². The fourth-order valence-corrected chi connectivity index (χ4v) is 2.75. The van der Waals surface area contributed by atoms with Crippen molar-refractivity contribution in [2.45, 2.75) is 6.10 Å². The first-order valence-corrected chi connectivity index (χ1v) is 9.05. The Morgan fingerprint density at radius 2 is 1.86 bits per heavy atom. The summed E-state index contributed by atoms with van der Waals surface area (Å²) in [5.74, 6) is 1.18. The Morgan fingerprint density at radius 1 is 1.14 bits per heavy atom. The summed E-state index contributed by atoms with van der Waals surface area (Å²) in [7, 11) is 0. The molecule has 0 aliphatic carbocycles. The number of urea groups is 1. The quantitative estimate of drug-likeness (QED) is 0.754. The molecule has 0 radical (unpaired) electrons. The van der Waals surface area contributed by atoms with Crippen molar-refractivity contribution in [2.24, 2.45) is 0 Å². The second-order valence-electron chi connectivity index (χ2n) is 6.26. The van der Waals surface area contributed by atoms with Crippen LogP contribution in [0.15, 0.2) is 67.3 Å². The van der Waals surface area contributed by atoms with E-state index in [4.69, 9.17) is 9.47 Å². The molecule has 0 aromatic heterocycles. The zero-order chi connectivity index (χ0) is 19.8. The number of hydrogen-bond acceptors (Lipinski definition) is 4. The molecule has 7 heteroatoms. The van der Waals surface area contributed by atoms with Crippen LogP contribution in [-0.2, 0) is 9.53 Å². The third-order valence-corrected chi connectivity index (χ3v) is 4.20. The van der Waals surface area contributed by atoms with Gasteiger partial charge in [0.1, 0.15) is 11.5 Å². The zero-order valence-corrected chi connectivity index (χ0v) is 15.5. The summed E-state index contributed by atoms with van der Waals surface area (Å²) in [5, 5.41) is 5.55. The van der Waals surface area contributed by atoms with E-state index in [1.54, 1.807) is 29.2 Å². The van der Waals surface area contributed by atoms with Crippen LogP contribution in [-0.4, -0.2) is 49.2 Å². The van der Waals surface area contributed by atoms with Crippen LogP contribution in [0, 0.1) is 0 Å². The van der Waals surface area contributed by atoms with Gasteiger partial charge in [0, 0.05) is 18.8 Å². The van der Waals surface area contributed by atoms with Crippen molar-refractivity contribution in [2.75, 3.05) is 31.6 Å². The van der Waals surface area contributed by atoms with E-state index in [2.05, 4.69) is 17.2 Å². The van der Waals surface area contributed by atoms with Gasteiger partial charge in [-0.05, 0) is 42.5 Å². The predicted octanol–water partition coefficient (Wildman–Crippen LogP) is 3.01. The molecule has 0 unspecified atom stereocenters. The van der Waals surface area contributed by atoms with Crippen LogP contribution in [0.3, 0.4) is 0 Å². The highest BCUT2D eigenvalue weighted by atomic mass is 16.5. The number of carbonyl (C=O) groups is 2. The molecule has 2 aromatic carbocycles. The van der Waals surface area contributed by atoms with E-state index in [0.29, 0.717) is 37.7 Å². The SMILES string of the molecule is C=CC(=O)NC[C@H]1CN(C(=O)Nc2ccc(Oc3ccccc3)cc2)CCO1. The number of anilines is 1. The summed E-state index contributed by atoms with van der Waals surface area (Å²) in [6, 6.07) is 16.5. The Bertz CT molecular complexity index is 808. The molecule has 0 spiro atoms. The number of para-hydroxylation sites is 1. The molecule has 2 aromatic rings. The third kappa shape index (κ3) is 5.59. The van der Waals surface area contributed by atoms with Gasteiger partial charge in [0.25, 0.3) is 0 Å². The molecule has 1 atom stereocenters. The topological polar surface area (TPSA) is 79.9 Å². The molecule has 1 fully saturated rings. The molecule has 0 bridgehead atoms. The molecule has 3 rings (SSSR count). The van der Waals surface area contributed by atoms with E-state index in [1.165, 1.54) is 6.08 Å². The minimum atomic E-state index is -0.261. The van der Waals surface area contributed by atoms with E-state index in [1.807, 2.05) is 30.3 Å². The molecule has 1 aliphatic heterocycles. The van der Waals surface area contributed by atoms with Crippen molar-refractivity contribution in [3.05, 3.63) is 67.3 Å². The predicted molar refractivity (Wildman–Crippen MR) is 106 cm³/mol. The lowest BCUT2D eigenvalue weighted by Gasteiger charge is -2.33. The van der Waals surface area contributed by atoms with Gasteiger partial charge in [-0.2, -0.15) is 0 Å². The van der Waals surface area contributed by atoms with Crippen molar-refractivity contribution >= 4 is 17.6 Å². The van der Waals surface area contributed by atoms with Crippen LogP contribution in [0.2, 0.25) is 0 Å². The second kappa shape index (κ2) is 9.57. The highest BCUT2D eigenvalue weighted by molar-refractivity contribution is 5.89. The normalized spacial score (nSPS) is 16.1. The Labute approximate surface area is 163 Å². The molecule has 3 amide bonds. The average molecular weight is 381 g/mol. The number of nitrogens with one attached hydrogen (secondary N) is 2. The van der Waals surface area contributed by atoms with Gasteiger partial charge in [0.2, 0.25) is 5.91 Å². The van der Waals surface area contributed by atoms with Gasteiger partial charge in [-0.25, -0.2) is 4.79 Å². The van der Waals surface area contributed by atoms with E-state index >= 15 is 0 Å². The summed E-state index contributed by atoms with van der Waals surface area (Å²) < 4.78 is 11.3. The van der Waals surface area contributed by atoms with Gasteiger partial charge < -0.3 is 25.0 Å². The highest BCUT2D eigenvalue weighted by Gasteiger charge is 2.24. The van der Waals surface area contributed by atoms with Crippen molar-refractivity contribution in [1.82, 2.24) is 10.2 Å². The van der Waals surface area contributed by atoms with E-state index in [0.717, 1.165) is 5.75 Å². The second-order valence-corrected chi connectivity index (χ2v) is 6.26. The molecule has 1 aliphatic rings. The summed E-state index contributed by atoms with van der Waals surface area (Å²) in [6.45, 7) is 5.06. The Kier molecular flexibility index (Phi) is 6.64. The van der Waals surface area contributed by atoms with Crippen LogP contribution in [0.1, 0.15) is 0 Å². The van der Waals surface area contributed by atoms with Crippen molar-refractivity contribution in [1.29, 1.82) is 0 Å². The summed E-state index contributed by atoms with van der Waals surface area (Å²) in [4.78, 5) is 25.4. The van der Waals surface area contributed by atoms with Gasteiger partial charge in [0.05, 0.1) is 19.3 Å². The number of hydrogen-bond donors (Lipinski definition) is 2. The lowest BCUT2D eigenvalue weighted by molar-refractivity contribution is -0.117. The Morgan fingerprint density at radius 3 is 2.57 bits per heavy atom. The molecular formula is C21H23N3O4. The van der Waals surface area contributed by atoms with E-state index in [9.17, 15) is 9.59 Å². The number of morpholine rings is 1. The van der Waals surface area contributed by atoms with Crippen molar-refractivity contribution < 1.29 is 19.1 Å². The maximum Gasteiger partial charge on any atom is 0.322 e.